The van der Waals surface area contributed by atoms with Crippen molar-refractivity contribution in [1.82, 2.24) is 19.8 Å². The van der Waals surface area contributed by atoms with Crippen LogP contribution in [0.3, 0.4) is 0 Å². The van der Waals surface area contributed by atoms with E-state index in [1.807, 2.05) is 20.0 Å². The first-order valence-corrected chi connectivity index (χ1v) is 6.49. The first-order chi connectivity index (χ1) is 8.58. The summed E-state index contributed by atoms with van der Waals surface area (Å²) in [5, 5.41) is 3.09. The van der Waals surface area contributed by atoms with E-state index in [-0.39, 0.29) is 0 Å². The third-order valence-electron chi connectivity index (χ3n) is 3.56. The van der Waals surface area contributed by atoms with Crippen molar-refractivity contribution in [3.63, 3.8) is 0 Å². The molecule has 1 aromatic rings. The summed E-state index contributed by atoms with van der Waals surface area (Å²) in [6.07, 6.45) is 0.914. The summed E-state index contributed by atoms with van der Waals surface area (Å²) in [7, 11) is 6.26. The Morgan fingerprint density at radius 3 is 2.83 bits per heavy atom. The molecule has 2 rings (SSSR count). The van der Waals surface area contributed by atoms with Crippen molar-refractivity contribution in [2.45, 2.75) is 19.4 Å². The Balaban J connectivity index is 2.10. The zero-order chi connectivity index (χ0) is 13.1. The van der Waals surface area contributed by atoms with Crippen LogP contribution in [0.4, 0.5) is 5.82 Å². The molecule has 0 saturated carbocycles. The number of rotatable bonds is 3. The van der Waals surface area contributed by atoms with Gasteiger partial charge in [-0.3, -0.25) is 0 Å². The van der Waals surface area contributed by atoms with Crippen LogP contribution in [0.5, 0.6) is 0 Å². The molecular weight excluding hydrogens is 226 g/mol. The molecule has 1 aliphatic heterocycles. The summed E-state index contributed by atoms with van der Waals surface area (Å²) in [4.78, 5) is 13.9. The lowest BCUT2D eigenvalue weighted by Crippen LogP contribution is -2.51. The molecule has 100 valence electrons. The van der Waals surface area contributed by atoms with E-state index < -0.39 is 0 Å². The summed E-state index contributed by atoms with van der Waals surface area (Å²) >= 11 is 0. The third kappa shape index (κ3) is 3.17. The molecule has 1 fully saturated rings. The van der Waals surface area contributed by atoms with Crippen LogP contribution in [0.15, 0.2) is 6.07 Å². The fourth-order valence-corrected chi connectivity index (χ4v) is 2.38. The van der Waals surface area contributed by atoms with Gasteiger partial charge in [-0.05, 0) is 21.0 Å². The van der Waals surface area contributed by atoms with Gasteiger partial charge in [0.25, 0.3) is 0 Å². The molecule has 1 aliphatic rings. The standard InChI is InChI=1S/C13H23N5/c1-10-7-12(14-2)16-13(15-10)8-11-9-17(3)5-6-18(11)4/h7,11H,5-6,8-9H2,1-4H3,(H,14,15,16). The zero-order valence-corrected chi connectivity index (χ0v) is 11.8. The second-order valence-electron chi connectivity index (χ2n) is 5.16. The van der Waals surface area contributed by atoms with Crippen LogP contribution in [0.25, 0.3) is 0 Å². The Morgan fingerprint density at radius 2 is 2.11 bits per heavy atom. The number of hydrogen-bond acceptors (Lipinski definition) is 5. The van der Waals surface area contributed by atoms with Gasteiger partial charge in [0, 0.05) is 50.9 Å². The molecular formula is C13H23N5. The maximum absolute atomic E-state index is 4.54. The van der Waals surface area contributed by atoms with Crippen LogP contribution >= 0.6 is 0 Å². The molecule has 1 aromatic heterocycles. The molecule has 1 N–H and O–H groups in total. The minimum Gasteiger partial charge on any atom is -0.373 e. The summed E-state index contributed by atoms with van der Waals surface area (Å²) in [6, 6.07) is 2.48. The molecule has 0 bridgehead atoms. The van der Waals surface area contributed by atoms with Gasteiger partial charge in [0.2, 0.25) is 0 Å². The van der Waals surface area contributed by atoms with Crippen molar-refractivity contribution >= 4 is 5.82 Å². The van der Waals surface area contributed by atoms with Gasteiger partial charge in [0.05, 0.1) is 0 Å². The number of hydrogen-bond donors (Lipinski definition) is 1. The first kappa shape index (κ1) is 13.2. The van der Waals surface area contributed by atoms with Crippen molar-refractivity contribution in [1.29, 1.82) is 0 Å². The van der Waals surface area contributed by atoms with Gasteiger partial charge in [0.1, 0.15) is 11.6 Å². The molecule has 0 amide bonds. The fraction of sp³-hybridized carbons (Fsp3) is 0.692. The quantitative estimate of drug-likeness (QED) is 0.850. The Kier molecular flexibility index (Phi) is 4.14. The van der Waals surface area contributed by atoms with E-state index in [9.17, 15) is 0 Å². The number of anilines is 1. The van der Waals surface area contributed by atoms with E-state index in [2.05, 4.69) is 39.2 Å². The largest absolute Gasteiger partial charge is 0.373 e. The highest BCUT2D eigenvalue weighted by molar-refractivity contribution is 5.34. The molecule has 0 spiro atoms. The number of likely N-dealkylation sites (N-methyl/N-ethyl adjacent to an activating group) is 2. The summed E-state index contributed by atoms with van der Waals surface area (Å²) in [5.41, 5.74) is 1.02. The Hall–Kier alpha value is -1.20. The van der Waals surface area contributed by atoms with E-state index in [0.717, 1.165) is 43.4 Å². The van der Waals surface area contributed by atoms with Gasteiger partial charge in [-0.15, -0.1) is 0 Å². The minimum atomic E-state index is 0.509. The normalized spacial score (nSPS) is 22.1. The van der Waals surface area contributed by atoms with E-state index in [4.69, 9.17) is 0 Å². The lowest BCUT2D eigenvalue weighted by Gasteiger charge is -2.37. The van der Waals surface area contributed by atoms with Gasteiger partial charge in [-0.2, -0.15) is 0 Å². The lowest BCUT2D eigenvalue weighted by atomic mass is 10.1. The van der Waals surface area contributed by atoms with Gasteiger partial charge < -0.3 is 15.1 Å². The molecule has 5 nitrogen and oxygen atoms in total. The third-order valence-corrected chi connectivity index (χ3v) is 3.56. The predicted octanol–water partition coefficient (Wildman–Crippen LogP) is 0.615. The monoisotopic (exact) mass is 249 g/mol. The summed E-state index contributed by atoms with van der Waals surface area (Å²) in [6.45, 7) is 5.36. The highest BCUT2D eigenvalue weighted by atomic mass is 15.3. The Bertz CT molecular complexity index is 406. The van der Waals surface area contributed by atoms with Crippen LogP contribution < -0.4 is 5.32 Å². The van der Waals surface area contributed by atoms with Crippen LogP contribution in [0.1, 0.15) is 11.5 Å². The molecule has 2 heterocycles. The SMILES string of the molecule is CNc1cc(C)nc(CC2CN(C)CCN2C)n1. The molecule has 1 saturated heterocycles. The van der Waals surface area contributed by atoms with Gasteiger partial charge >= 0.3 is 0 Å². The van der Waals surface area contributed by atoms with Crippen LogP contribution in [0, 0.1) is 6.92 Å². The summed E-state index contributed by atoms with van der Waals surface area (Å²) in [5.74, 6) is 1.84. The van der Waals surface area contributed by atoms with E-state index in [1.165, 1.54) is 0 Å². The highest BCUT2D eigenvalue weighted by Crippen LogP contribution is 2.12. The van der Waals surface area contributed by atoms with E-state index in [1.54, 1.807) is 0 Å². The van der Waals surface area contributed by atoms with Gasteiger partial charge in [0.15, 0.2) is 0 Å². The number of nitrogens with one attached hydrogen (secondary N) is 1. The molecule has 1 unspecified atom stereocenters. The smallest absolute Gasteiger partial charge is 0.132 e. The van der Waals surface area contributed by atoms with E-state index >= 15 is 0 Å². The van der Waals surface area contributed by atoms with Crippen LogP contribution in [0.2, 0.25) is 0 Å². The maximum Gasteiger partial charge on any atom is 0.132 e. The lowest BCUT2D eigenvalue weighted by molar-refractivity contribution is 0.113. The van der Waals surface area contributed by atoms with Crippen molar-refractivity contribution in [2.75, 3.05) is 46.1 Å². The Morgan fingerprint density at radius 1 is 1.33 bits per heavy atom. The number of piperazine rings is 1. The number of nitrogens with zero attached hydrogens (tertiary/aromatic N) is 4. The van der Waals surface area contributed by atoms with Crippen molar-refractivity contribution < 1.29 is 0 Å². The predicted molar refractivity (Wildman–Crippen MR) is 73.9 cm³/mol. The van der Waals surface area contributed by atoms with Crippen LogP contribution in [-0.2, 0) is 6.42 Å². The number of aromatic nitrogens is 2. The second kappa shape index (κ2) is 5.63. The first-order valence-electron chi connectivity index (χ1n) is 6.49. The minimum absolute atomic E-state index is 0.509. The van der Waals surface area contributed by atoms with Gasteiger partial charge in [-0.25, -0.2) is 9.97 Å². The topological polar surface area (TPSA) is 44.3 Å². The molecule has 18 heavy (non-hydrogen) atoms. The van der Waals surface area contributed by atoms with E-state index in [0.29, 0.717) is 6.04 Å². The Labute approximate surface area is 109 Å². The molecule has 0 radical (unpaired) electrons. The zero-order valence-electron chi connectivity index (χ0n) is 11.8. The maximum atomic E-state index is 4.54. The van der Waals surface area contributed by atoms with Crippen molar-refractivity contribution in [2.24, 2.45) is 0 Å². The average molecular weight is 249 g/mol. The molecule has 0 aromatic carbocycles. The van der Waals surface area contributed by atoms with Crippen molar-refractivity contribution in [3.8, 4) is 0 Å². The van der Waals surface area contributed by atoms with Crippen molar-refractivity contribution in [3.05, 3.63) is 17.6 Å². The highest BCUT2D eigenvalue weighted by Gasteiger charge is 2.23. The molecule has 0 aliphatic carbocycles. The van der Waals surface area contributed by atoms with Gasteiger partial charge in [-0.1, -0.05) is 0 Å². The molecule has 1 atom stereocenters. The average Bonchev–Trinajstić information content (AvgIpc) is 2.33. The molecule has 5 heteroatoms. The fourth-order valence-electron chi connectivity index (χ4n) is 2.38. The second-order valence-corrected chi connectivity index (χ2v) is 5.16. The van der Waals surface area contributed by atoms with Crippen LogP contribution in [-0.4, -0.2) is 66.6 Å². The number of aryl methyl sites for hydroxylation is 1. The summed E-state index contributed by atoms with van der Waals surface area (Å²) < 4.78 is 0.